The summed E-state index contributed by atoms with van der Waals surface area (Å²) in [7, 11) is 1.87. The summed E-state index contributed by atoms with van der Waals surface area (Å²) in [5, 5.41) is 2.98. The summed E-state index contributed by atoms with van der Waals surface area (Å²) < 4.78 is 0. The first-order valence-corrected chi connectivity index (χ1v) is 4.10. The summed E-state index contributed by atoms with van der Waals surface area (Å²) in [6.45, 7) is 0.799. The summed E-state index contributed by atoms with van der Waals surface area (Å²) in [4.78, 5) is 14.5. The number of hydrogen-bond donors (Lipinski definition) is 1. The van der Waals surface area contributed by atoms with Crippen molar-refractivity contribution in [1.82, 2.24) is 10.3 Å². The Balaban J connectivity index is 2.71. The minimum atomic E-state index is 0.464. The number of rotatable bonds is 4. The first-order valence-electron chi connectivity index (χ1n) is 4.10. The van der Waals surface area contributed by atoms with E-state index in [-0.39, 0.29) is 0 Å². The number of likely N-dealkylation sites (N-methyl/N-ethyl adjacent to an activating group) is 1. The zero-order chi connectivity index (χ0) is 9.52. The lowest BCUT2D eigenvalue weighted by Crippen LogP contribution is -2.03. The fraction of sp³-hybridized carbons (Fsp3) is 0.200. The van der Waals surface area contributed by atoms with Crippen molar-refractivity contribution in [3.8, 4) is 0 Å². The van der Waals surface area contributed by atoms with Gasteiger partial charge in [-0.15, -0.1) is 0 Å². The van der Waals surface area contributed by atoms with Crippen molar-refractivity contribution in [3.63, 3.8) is 0 Å². The van der Waals surface area contributed by atoms with Crippen LogP contribution in [0.4, 0.5) is 0 Å². The second-order valence-corrected chi connectivity index (χ2v) is 2.57. The molecule has 0 atom stereocenters. The molecule has 1 rings (SSSR count). The van der Waals surface area contributed by atoms with Gasteiger partial charge in [-0.05, 0) is 25.3 Å². The molecule has 0 bridgehead atoms. The largest absolute Gasteiger partial charge is 0.316 e. The lowest BCUT2D eigenvalue weighted by Gasteiger charge is -1.93. The zero-order valence-electron chi connectivity index (χ0n) is 7.53. The molecule has 0 aromatic carbocycles. The van der Waals surface area contributed by atoms with E-state index < -0.39 is 0 Å². The van der Waals surface area contributed by atoms with Gasteiger partial charge in [0.2, 0.25) is 0 Å². The maximum absolute atomic E-state index is 10.4. The average molecular weight is 176 g/mol. The molecule has 1 heterocycles. The van der Waals surface area contributed by atoms with Crippen LogP contribution >= 0.6 is 0 Å². The van der Waals surface area contributed by atoms with Crippen LogP contribution in [0.25, 0.3) is 6.08 Å². The number of nitrogens with zero attached hydrogens (tertiary/aromatic N) is 1. The molecule has 0 aliphatic carbocycles. The molecule has 0 aliphatic rings. The quantitative estimate of drug-likeness (QED) is 0.699. The van der Waals surface area contributed by atoms with Gasteiger partial charge in [-0.25, -0.2) is 4.98 Å². The van der Waals surface area contributed by atoms with E-state index in [0.29, 0.717) is 5.69 Å². The molecule has 1 aromatic heterocycles. The monoisotopic (exact) mass is 176 g/mol. The first-order chi connectivity index (χ1) is 6.36. The molecule has 0 saturated heterocycles. The molecule has 0 unspecified atom stereocenters. The lowest BCUT2D eigenvalue weighted by molar-refractivity contribution is 0.111. The number of aromatic nitrogens is 1. The Morgan fingerprint density at radius 3 is 2.92 bits per heavy atom. The molecule has 68 valence electrons. The van der Waals surface area contributed by atoms with Crippen LogP contribution < -0.4 is 5.32 Å². The first kappa shape index (κ1) is 9.61. The highest BCUT2D eigenvalue weighted by Gasteiger charge is 1.91. The molecule has 13 heavy (non-hydrogen) atoms. The molecule has 0 amide bonds. The summed E-state index contributed by atoms with van der Waals surface area (Å²) in [6.07, 6.45) is 4.58. The number of nitrogens with one attached hydrogen (secondary N) is 1. The summed E-state index contributed by atoms with van der Waals surface area (Å²) in [6, 6.07) is 5.36. The molecule has 1 aromatic rings. The SMILES string of the molecule is CNCC=Cc1cccc(C=O)n1. The Hall–Kier alpha value is -1.48. The maximum atomic E-state index is 10.4. The topological polar surface area (TPSA) is 42.0 Å². The fourth-order valence-corrected chi connectivity index (χ4v) is 0.925. The number of pyridine rings is 1. The van der Waals surface area contributed by atoms with Crippen LogP contribution in [-0.4, -0.2) is 24.9 Å². The van der Waals surface area contributed by atoms with E-state index in [4.69, 9.17) is 0 Å². The highest BCUT2D eigenvalue weighted by molar-refractivity contribution is 5.72. The second kappa shape index (κ2) is 5.22. The number of aldehydes is 1. The van der Waals surface area contributed by atoms with E-state index in [1.807, 2.05) is 31.3 Å². The summed E-state index contributed by atoms with van der Waals surface area (Å²) in [5.41, 5.74) is 1.27. The van der Waals surface area contributed by atoms with E-state index in [9.17, 15) is 4.79 Å². The molecule has 0 aliphatic heterocycles. The standard InChI is InChI=1S/C10H12N2O/c1-11-7-3-6-9-4-2-5-10(8-13)12-9/h2-6,8,11H,7H2,1H3. The number of carbonyl (C=O) groups excluding carboxylic acids is 1. The maximum Gasteiger partial charge on any atom is 0.168 e. The van der Waals surface area contributed by atoms with Crippen molar-refractivity contribution in [2.75, 3.05) is 13.6 Å². The van der Waals surface area contributed by atoms with Gasteiger partial charge in [0.25, 0.3) is 0 Å². The predicted octanol–water partition coefficient (Wildman–Crippen LogP) is 1.13. The minimum absolute atomic E-state index is 0.464. The Labute approximate surface area is 77.5 Å². The van der Waals surface area contributed by atoms with Crippen LogP contribution in [0.1, 0.15) is 16.2 Å². The van der Waals surface area contributed by atoms with Gasteiger partial charge in [0, 0.05) is 6.54 Å². The summed E-state index contributed by atoms with van der Waals surface area (Å²) >= 11 is 0. The Bertz CT molecular complexity index is 308. The molecule has 1 N–H and O–H groups in total. The Morgan fingerprint density at radius 1 is 1.46 bits per heavy atom. The predicted molar refractivity (Wildman–Crippen MR) is 52.6 cm³/mol. The Morgan fingerprint density at radius 2 is 2.23 bits per heavy atom. The van der Waals surface area contributed by atoms with Crippen LogP contribution in [0.15, 0.2) is 24.3 Å². The van der Waals surface area contributed by atoms with Crippen molar-refractivity contribution in [2.45, 2.75) is 0 Å². The Kier molecular flexibility index (Phi) is 3.85. The van der Waals surface area contributed by atoms with Gasteiger partial charge in [-0.3, -0.25) is 4.79 Å². The molecule has 0 fully saturated rings. The van der Waals surface area contributed by atoms with E-state index in [1.165, 1.54) is 0 Å². The van der Waals surface area contributed by atoms with Crippen LogP contribution in [0.2, 0.25) is 0 Å². The minimum Gasteiger partial charge on any atom is -0.316 e. The van der Waals surface area contributed by atoms with Crippen molar-refractivity contribution < 1.29 is 4.79 Å². The average Bonchev–Trinajstić information content (AvgIpc) is 2.19. The fourth-order valence-electron chi connectivity index (χ4n) is 0.925. The van der Waals surface area contributed by atoms with Gasteiger partial charge in [0.15, 0.2) is 6.29 Å². The van der Waals surface area contributed by atoms with Gasteiger partial charge >= 0.3 is 0 Å². The third-order valence-corrected chi connectivity index (χ3v) is 1.52. The molecule has 3 heteroatoms. The third kappa shape index (κ3) is 3.17. The highest BCUT2D eigenvalue weighted by Crippen LogP contribution is 1.99. The highest BCUT2D eigenvalue weighted by atomic mass is 16.1. The van der Waals surface area contributed by atoms with Crippen LogP contribution in [-0.2, 0) is 0 Å². The zero-order valence-corrected chi connectivity index (χ0v) is 7.53. The van der Waals surface area contributed by atoms with Crippen molar-refractivity contribution in [1.29, 1.82) is 0 Å². The third-order valence-electron chi connectivity index (χ3n) is 1.52. The van der Waals surface area contributed by atoms with E-state index >= 15 is 0 Å². The number of hydrogen-bond acceptors (Lipinski definition) is 3. The molecule has 0 spiro atoms. The van der Waals surface area contributed by atoms with Crippen LogP contribution in [0, 0.1) is 0 Å². The normalized spacial score (nSPS) is 10.5. The van der Waals surface area contributed by atoms with Gasteiger partial charge in [-0.2, -0.15) is 0 Å². The molecule has 0 saturated carbocycles. The van der Waals surface area contributed by atoms with Crippen LogP contribution in [0.5, 0.6) is 0 Å². The summed E-state index contributed by atoms with van der Waals surface area (Å²) in [5.74, 6) is 0. The van der Waals surface area contributed by atoms with Crippen LogP contribution in [0.3, 0.4) is 0 Å². The van der Waals surface area contributed by atoms with E-state index in [0.717, 1.165) is 18.5 Å². The van der Waals surface area contributed by atoms with Gasteiger partial charge in [0.1, 0.15) is 5.69 Å². The van der Waals surface area contributed by atoms with Crippen molar-refractivity contribution >= 4 is 12.4 Å². The van der Waals surface area contributed by atoms with Crippen molar-refractivity contribution in [2.24, 2.45) is 0 Å². The lowest BCUT2D eigenvalue weighted by atomic mass is 10.3. The molecule has 0 radical (unpaired) electrons. The molecular formula is C10H12N2O. The smallest absolute Gasteiger partial charge is 0.168 e. The van der Waals surface area contributed by atoms with Gasteiger partial charge in [-0.1, -0.05) is 12.1 Å². The second-order valence-electron chi connectivity index (χ2n) is 2.57. The van der Waals surface area contributed by atoms with Gasteiger partial charge < -0.3 is 5.32 Å². The van der Waals surface area contributed by atoms with E-state index in [2.05, 4.69) is 10.3 Å². The van der Waals surface area contributed by atoms with Gasteiger partial charge in [0.05, 0.1) is 5.69 Å². The molecular weight excluding hydrogens is 164 g/mol. The number of carbonyl (C=O) groups is 1. The van der Waals surface area contributed by atoms with Crippen molar-refractivity contribution in [3.05, 3.63) is 35.7 Å². The van der Waals surface area contributed by atoms with E-state index in [1.54, 1.807) is 6.07 Å². The molecule has 3 nitrogen and oxygen atoms in total.